The van der Waals surface area contributed by atoms with Gasteiger partial charge in [-0.1, -0.05) is 6.07 Å². The van der Waals surface area contributed by atoms with E-state index in [0.29, 0.717) is 5.75 Å². The number of aryl methyl sites for hydroxylation is 2. The standard InChI is InChI=1S/C13H12N2O3/c1-8-6-9(2)15-13(14-8)18-11-5-3-4-10(7-11)12(16)17/h3-7H,1-2H3,(H,16,17). The van der Waals surface area contributed by atoms with E-state index in [2.05, 4.69) is 9.97 Å². The Morgan fingerprint density at radius 3 is 2.44 bits per heavy atom. The van der Waals surface area contributed by atoms with E-state index in [9.17, 15) is 4.79 Å². The SMILES string of the molecule is Cc1cc(C)nc(Oc2cccc(C(=O)O)c2)n1. The molecule has 5 heteroatoms. The first-order valence-electron chi connectivity index (χ1n) is 5.38. The quantitative estimate of drug-likeness (QED) is 0.898. The largest absolute Gasteiger partial charge is 0.478 e. The van der Waals surface area contributed by atoms with Crippen molar-refractivity contribution in [1.82, 2.24) is 9.97 Å². The van der Waals surface area contributed by atoms with Crippen LogP contribution in [-0.4, -0.2) is 21.0 Å². The minimum Gasteiger partial charge on any atom is -0.478 e. The van der Waals surface area contributed by atoms with Gasteiger partial charge in [0.05, 0.1) is 5.56 Å². The number of rotatable bonds is 3. The fourth-order valence-corrected chi connectivity index (χ4v) is 1.54. The van der Waals surface area contributed by atoms with Gasteiger partial charge in [0, 0.05) is 11.4 Å². The second-order valence-corrected chi connectivity index (χ2v) is 3.87. The molecule has 92 valence electrons. The van der Waals surface area contributed by atoms with Gasteiger partial charge in [-0.25, -0.2) is 14.8 Å². The molecule has 0 spiro atoms. The summed E-state index contributed by atoms with van der Waals surface area (Å²) in [4.78, 5) is 19.1. The monoisotopic (exact) mass is 244 g/mol. The van der Waals surface area contributed by atoms with Crippen molar-refractivity contribution in [2.45, 2.75) is 13.8 Å². The molecule has 0 aliphatic carbocycles. The Labute approximate surface area is 104 Å². The van der Waals surface area contributed by atoms with E-state index in [1.165, 1.54) is 12.1 Å². The molecular weight excluding hydrogens is 232 g/mol. The lowest BCUT2D eigenvalue weighted by Crippen LogP contribution is -1.98. The Morgan fingerprint density at radius 2 is 1.83 bits per heavy atom. The maximum atomic E-state index is 10.8. The Kier molecular flexibility index (Phi) is 3.23. The van der Waals surface area contributed by atoms with E-state index in [0.717, 1.165) is 11.4 Å². The summed E-state index contributed by atoms with van der Waals surface area (Å²) < 4.78 is 5.45. The molecule has 0 saturated carbocycles. The van der Waals surface area contributed by atoms with Crippen molar-refractivity contribution in [3.05, 3.63) is 47.3 Å². The zero-order valence-electron chi connectivity index (χ0n) is 10.0. The molecule has 1 heterocycles. The van der Waals surface area contributed by atoms with Crippen LogP contribution in [0, 0.1) is 13.8 Å². The number of aromatic carboxylic acids is 1. The van der Waals surface area contributed by atoms with E-state index in [-0.39, 0.29) is 11.6 Å². The molecule has 0 unspecified atom stereocenters. The fraction of sp³-hybridized carbons (Fsp3) is 0.154. The summed E-state index contributed by atoms with van der Waals surface area (Å²) in [5.41, 5.74) is 1.76. The van der Waals surface area contributed by atoms with Gasteiger partial charge in [-0.3, -0.25) is 0 Å². The predicted molar refractivity (Wildman–Crippen MR) is 65.0 cm³/mol. The number of hydrogen-bond acceptors (Lipinski definition) is 4. The van der Waals surface area contributed by atoms with Crippen LogP contribution >= 0.6 is 0 Å². The number of aromatic nitrogens is 2. The molecular formula is C13H12N2O3. The number of hydrogen-bond donors (Lipinski definition) is 1. The van der Waals surface area contributed by atoms with Gasteiger partial charge in [0.1, 0.15) is 5.75 Å². The molecule has 0 aliphatic rings. The zero-order chi connectivity index (χ0) is 13.1. The highest BCUT2D eigenvalue weighted by Gasteiger charge is 2.06. The van der Waals surface area contributed by atoms with Gasteiger partial charge >= 0.3 is 12.0 Å². The molecule has 1 aromatic carbocycles. The Balaban J connectivity index is 2.28. The van der Waals surface area contributed by atoms with E-state index < -0.39 is 5.97 Å². The van der Waals surface area contributed by atoms with Crippen molar-refractivity contribution in [3.63, 3.8) is 0 Å². The third-order valence-electron chi connectivity index (χ3n) is 2.25. The summed E-state index contributed by atoms with van der Waals surface area (Å²) in [6.45, 7) is 3.68. The van der Waals surface area contributed by atoms with Crippen molar-refractivity contribution in [2.75, 3.05) is 0 Å². The molecule has 0 fully saturated rings. The molecule has 0 atom stereocenters. The van der Waals surface area contributed by atoms with Crippen LogP contribution in [0.2, 0.25) is 0 Å². The third kappa shape index (κ3) is 2.82. The van der Waals surface area contributed by atoms with Crippen LogP contribution in [0.3, 0.4) is 0 Å². The lowest BCUT2D eigenvalue weighted by Gasteiger charge is -2.06. The van der Waals surface area contributed by atoms with Crippen LogP contribution < -0.4 is 4.74 Å². The smallest absolute Gasteiger partial charge is 0.335 e. The van der Waals surface area contributed by atoms with Crippen molar-refractivity contribution in [3.8, 4) is 11.8 Å². The molecule has 18 heavy (non-hydrogen) atoms. The molecule has 2 aromatic rings. The highest BCUT2D eigenvalue weighted by Crippen LogP contribution is 2.19. The Bertz CT molecular complexity index is 576. The Hall–Kier alpha value is -2.43. The second kappa shape index (κ2) is 4.83. The van der Waals surface area contributed by atoms with E-state index in [1.807, 2.05) is 19.9 Å². The van der Waals surface area contributed by atoms with Crippen LogP contribution in [0.1, 0.15) is 21.7 Å². The normalized spacial score (nSPS) is 10.1. The van der Waals surface area contributed by atoms with Crippen LogP contribution in [0.4, 0.5) is 0 Å². The number of nitrogens with zero attached hydrogens (tertiary/aromatic N) is 2. The van der Waals surface area contributed by atoms with Crippen LogP contribution in [0.5, 0.6) is 11.8 Å². The average molecular weight is 244 g/mol. The summed E-state index contributed by atoms with van der Waals surface area (Å²) in [5, 5.41) is 8.88. The lowest BCUT2D eigenvalue weighted by molar-refractivity contribution is 0.0696. The molecule has 0 aliphatic heterocycles. The van der Waals surface area contributed by atoms with E-state index in [4.69, 9.17) is 9.84 Å². The van der Waals surface area contributed by atoms with Gasteiger partial charge < -0.3 is 9.84 Å². The van der Waals surface area contributed by atoms with Gasteiger partial charge in [-0.05, 0) is 38.1 Å². The summed E-state index contributed by atoms with van der Waals surface area (Å²) in [6.07, 6.45) is 0. The topological polar surface area (TPSA) is 72.3 Å². The van der Waals surface area contributed by atoms with Crippen LogP contribution in [0.15, 0.2) is 30.3 Å². The zero-order valence-corrected chi connectivity index (χ0v) is 10.0. The van der Waals surface area contributed by atoms with Crippen molar-refractivity contribution >= 4 is 5.97 Å². The molecule has 0 saturated heterocycles. The summed E-state index contributed by atoms with van der Waals surface area (Å²) >= 11 is 0. The number of ether oxygens (including phenoxy) is 1. The van der Waals surface area contributed by atoms with Crippen LogP contribution in [0.25, 0.3) is 0 Å². The first kappa shape index (κ1) is 12.0. The molecule has 2 rings (SSSR count). The predicted octanol–water partition coefficient (Wildman–Crippen LogP) is 2.58. The second-order valence-electron chi connectivity index (χ2n) is 3.87. The van der Waals surface area contributed by atoms with Crippen molar-refractivity contribution in [2.24, 2.45) is 0 Å². The third-order valence-corrected chi connectivity index (χ3v) is 2.25. The molecule has 0 bridgehead atoms. The molecule has 1 aromatic heterocycles. The highest BCUT2D eigenvalue weighted by atomic mass is 16.5. The summed E-state index contributed by atoms with van der Waals surface area (Å²) in [7, 11) is 0. The fourth-order valence-electron chi connectivity index (χ4n) is 1.54. The molecule has 0 radical (unpaired) electrons. The average Bonchev–Trinajstić information content (AvgIpc) is 2.27. The maximum absolute atomic E-state index is 10.8. The van der Waals surface area contributed by atoms with Gasteiger partial charge in [0.2, 0.25) is 0 Å². The summed E-state index contributed by atoms with van der Waals surface area (Å²) in [5.74, 6) is -0.596. The molecule has 1 N–H and O–H groups in total. The number of carboxylic acids is 1. The first-order chi connectivity index (χ1) is 8.54. The van der Waals surface area contributed by atoms with E-state index >= 15 is 0 Å². The van der Waals surface area contributed by atoms with Crippen molar-refractivity contribution < 1.29 is 14.6 Å². The number of benzene rings is 1. The minimum atomic E-state index is -0.998. The number of carboxylic acid groups (broad SMARTS) is 1. The highest BCUT2D eigenvalue weighted by molar-refractivity contribution is 5.88. The maximum Gasteiger partial charge on any atom is 0.335 e. The molecule has 5 nitrogen and oxygen atoms in total. The Morgan fingerprint density at radius 1 is 1.17 bits per heavy atom. The van der Waals surface area contributed by atoms with Gasteiger partial charge in [-0.2, -0.15) is 0 Å². The first-order valence-corrected chi connectivity index (χ1v) is 5.38. The van der Waals surface area contributed by atoms with Crippen molar-refractivity contribution in [1.29, 1.82) is 0 Å². The van der Waals surface area contributed by atoms with Gasteiger partial charge in [-0.15, -0.1) is 0 Å². The minimum absolute atomic E-state index is 0.164. The van der Waals surface area contributed by atoms with Gasteiger partial charge in [0.15, 0.2) is 0 Å². The molecule has 0 amide bonds. The number of carbonyl (C=O) groups is 1. The van der Waals surface area contributed by atoms with Crippen LogP contribution in [-0.2, 0) is 0 Å². The summed E-state index contributed by atoms with van der Waals surface area (Å²) in [6, 6.07) is 8.26. The van der Waals surface area contributed by atoms with E-state index in [1.54, 1.807) is 12.1 Å². The lowest BCUT2D eigenvalue weighted by atomic mass is 10.2. The van der Waals surface area contributed by atoms with Gasteiger partial charge in [0.25, 0.3) is 0 Å².